The minimum atomic E-state index is -4.75. The first-order valence-electron chi connectivity index (χ1n) is 8.07. The minimum absolute atomic E-state index is 0.0241. The van der Waals surface area contributed by atoms with Gasteiger partial charge < -0.3 is 16.0 Å². The van der Waals surface area contributed by atoms with Crippen molar-refractivity contribution in [3.63, 3.8) is 0 Å². The fourth-order valence-electron chi connectivity index (χ4n) is 2.45. The molecule has 0 bridgehead atoms. The maximum Gasteiger partial charge on any atom is 0.431 e. The summed E-state index contributed by atoms with van der Waals surface area (Å²) in [6.45, 7) is 10.3. The molecule has 1 aromatic heterocycles. The van der Waals surface area contributed by atoms with Gasteiger partial charge in [0.25, 0.3) is 0 Å². The first-order chi connectivity index (χ1) is 12.3. The Balaban J connectivity index is 3.21. The number of halogens is 5. The lowest BCUT2D eigenvalue weighted by atomic mass is 9.94. The summed E-state index contributed by atoms with van der Waals surface area (Å²) in [7, 11) is 0. The molecule has 0 amide bonds. The van der Waals surface area contributed by atoms with Crippen LogP contribution in [0.2, 0.25) is 10.0 Å². The Morgan fingerprint density at radius 1 is 1.26 bits per heavy atom. The van der Waals surface area contributed by atoms with Crippen LogP contribution in [-0.2, 0) is 6.42 Å². The molecule has 0 aliphatic heterocycles. The van der Waals surface area contributed by atoms with Crippen LogP contribution in [0.1, 0.15) is 26.3 Å². The van der Waals surface area contributed by atoms with Crippen LogP contribution < -0.4 is 5.73 Å². The van der Waals surface area contributed by atoms with Crippen molar-refractivity contribution >= 4 is 29.4 Å². The van der Waals surface area contributed by atoms with Gasteiger partial charge in [-0.3, -0.25) is 4.98 Å². The molecule has 0 unspecified atom stereocenters. The standard InChI is InChI=1S/C18H23Cl2F3N4/c1-11(13(7-24)16(25)18(21,22)23)27(10-17(2,3)4)6-5-12-14(19)8-26-9-15(12)20/h7-9,24H,1,5-6,10,25H2,2-4H3/b16-13+,24-7?. The molecule has 0 spiro atoms. The van der Waals surface area contributed by atoms with Crippen molar-refractivity contribution in [2.24, 2.45) is 11.1 Å². The largest absolute Gasteiger partial charge is 0.431 e. The summed E-state index contributed by atoms with van der Waals surface area (Å²) in [5.41, 5.74) is 3.85. The molecule has 0 radical (unpaired) electrons. The Kier molecular flexibility index (Phi) is 7.75. The van der Waals surface area contributed by atoms with Crippen molar-refractivity contribution in [2.45, 2.75) is 33.4 Å². The van der Waals surface area contributed by atoms with Crippen molar-refractivity contribution in [3.8, 4) is 0 Å². The number of nitrogens with one attached hydrogen (secondary N) is 1. The third-order valence-electron chi connectivity index (χ3n) is 3.68. The van der Waals surface area contributed by atoms with Crippen LogP contribution in [0.4, 0.5) is 13.2 Å². The van der Waals surface area contributed by atoms with E-state index >= 15 is 0 Å². The van der Waals surface area contributed by atoms with Crippen LogP contribution in [0, 0.1) is 10.8 Å². The van der Waals surface area contributed by atoms with Gasteiger partial charge in [0.15, 0.2) is 0 Å². The number of nitrogens with zero attached hydrogens (tertiary/aromatic N) is 2. The highest BCUT2D eigenvalue weighted by atomic mass is 35.5. The topological polar surface area (TPSA) is 66.0 Å². The predicted molar refractivity (Wildman–Crippen MR) is 104 cm³/mol. The average Bonchev–Trinajstić information content (AvgIpc) is 2.51. The number of pyridine rings is 1. The highest BCUT2D eigenvalue weighted by Crippen LogP contribution is 2.30. The van der Waals surface area contributed by atoms with Crippen LogP contribution in [0.3, 0.4) is 0 Å². The molecule has 4 nitrogen and oxygen atoms in total. The maximum atomic E-state index is 13.0. The van der Waals surface area contributed by atoms with Crippen molar-refractivity contribution in [1.29, 1.82) is 5.41 Å². The summed E-state index contributed by atoms with van der Waals surface area (Å²) in [6, 6.07) is 0. The van der Waals surface area contributed by atoms with Crippen molar-refractivity contribution in [1.82, 2.24) is 9.88 Å². The molecule has 1 aromatic rings. The third kappa shape index (κ3) is 6.74. The van der Waals surface area contributed by atoms with Gasteiger partial charge in [0.1, 0.15) is 5.70 Å². The summed E-state index contributed by atoms with van der Waals surface area (Å²) >= 11 is 12.2. The molecule has 0 atom stereocenters. The summed E-state index contributed by atoms with van der Waals surface area (Å²) in [6.07, 6.45) is -0.896. The second-order valence-corrected chi connectivity index (χ2v) is 8.04. The van der Waals surface area contributed by atoms with E-state index in [9.17, 15) is 13.2 Å². The van der Waals surface area contributed by atoms with E-state index in [-0.39, 0.29) is 11.1 Å². The molecule has 0 saturated heterocycles. The number of hydrogen-bond acceptors (Lipinski definition) is 4. The van der Waals surface area contributed by atoms with Gasteiger partial charge in [-0.1, -0.05) is 50.6 Å². The highest BCUT2D eigenvalue weighted by molar-refractivity contribution is 6.35. The summed E-state index contributed by atoms with van der Waals surface area (Å²) in [4.78, 5) is 5.54. The van der Waals surface area contributed by atoms with E-state index in [4.69, 9.17) is 34.3 Å². The van der Waals surface area contributed by atoms with Gasteiger partial charge in [-0.25, -0.2) is 0 Å². The summed E-state index contributed by atoms with van der Waals surface area (Å²) < 4.78 is 39.1. The molecule has 0 aliphatic carbocycles. The third-order valence-corrected chi connectivity index (χ3v) is 4.33. The molecule has 0 aliphatic rings. The molecule has 1 heterocycles. The summed E-state index contributed by atoms with van der Waals surface area (Å²) in [5, 5.41) is 8.14. The van der Waals surface area contributed by atoms with E-state index in [2.05, 4.69) is 11.6 Å². The number of alkyl halides is 3. The monoisotopic (exact) mass is 422 g/mol. The minimum Gasteiger partial charge on any atom is -0.394 e. The SMILES string of the molecule is C=C(/C(C=N)=C(/N)C(F)(F)F)N(CCc1c(Cl)cncc1Cl)CC(C)(C)C. The highest BCUT2D eigenvalue weighted by Gasteiger charge is 2.35. The molecule has 1 rings (SSSR count). The Morgan fingerprint density at radius 3 is 2.19 bits per heavy atom. The molecule has 0 fully saturated rings. The van der Waals surface area contributed by atoms with Gasteiger partial charge in [0, 0.05) is 43.0 Å². The normalized spacial score (nSPS) is 13.2. The Labute approximate surface area is 167 Å². The van der Waals surface area contributed by atoms with Crippen molar-refractivity contribution in [3.05, 3.63) is 51.5 Å². The second-order valence-electron chi connectivity index (χ2n) is 7.23. The Morgan fingerprint density at radius 2 is 1.78 bits per heavy atom. The van der Waals surface area contributed by atoms with Crippen LogP contribution in [0.15, 0.2) is 35.9 Å². The Hall–Kier alpha value is -1.73. The molecule has 0 saturated carbocycles. The zero-order valence-corrected chi connectivity index (χ0v) is 16.9. The van der Waals surface area contributed by atoms with E-state index in [1.54, 1.807) is 4.90 Å². The second kappa shape index (κ2) is 8.97. The van der Waals surface area contributed by atoms with E-state index in [1.807, 2.05) is 20.8 Å². The van der Waals surface area contributed by atoms with E-state index in [0.717, 1.165) is 0 Å². The zero-order valence-electron chi connectivity index (χ0n) is 15.4. The van der Waals surface area contributed by atoms with Crippen molar-refractivity contribution in [2.75, 3.05) is 13.1 Å². The molecular weight excluding hydrogens is 400 g/mol. The van der Waals surface area contributed by atoms with Gasteiger partial charge in [0.2, 0.25) is 0 Å². The fraction of sp³-hybridized carbons (Fsp3) is 0.444. The van der Waals surface area contributed by atoms with E-state index in [1.165, 1.54) is 12.4 Å². The Bertz CT molecular complexity index is 717. The van der Waals surface area contributed by atoms with E-state index in [0.29, 0.717) is 41.3 Å². The van der Waals surface area contributed by atoms with Gasteiger partial charge in [-0.05, 0) is 17.4 Å². The number of allylic oxidation sites excluding steroid dienone is 2. The molecule has 3 N–H and O–H groups in total. The predicted octanol–water partition coefficient (Wildman–Crippen LogP) is 5.22. The maximum absolute atomic E-state index is 13.0. The van der Waals surface area contributed by atoms with Gasteiger partial charge >= 0.3 is 6.18 Å². The number of hydrogen-bond donors (Lipinski definition) is 2. The van der Waals surface area contributed by atoms with Crippen LogP contribution in [0.5, 0.6) is 0 Å². The van der Waals surface area contributed by atoms with Crippen LogP contribution in [-0.4, -0.2) is 35.4 Å². The van der Waals surface area contributed by atoms with Gasteiger partial charge in [-0.2, -0.15) is 13.2 Å². The summed E-state index contributed by atoms with van der Waals surface area (Å²) in [5.74, 6) is 0. The number of rotatable bonds is 7. The smallest absolute Gasteiger partial charge is 0.394 e. The van der Waals surface area contributed by atoms with Gasteiger partial charge in [0.05, 0.1) is 10.0 Å². The number of aromatic nitrogens is 1. The first kappa shape index (κ1) is 23.3. The van der Waals surface area contributed by atoms with Gasteiger partial charge in [-0.15, -0.1) is 0 Å². The lowest BCUT2D eigenvalue weighted by molar-refractivity contribution is -0.0931. The average molecular weight is 423 g/mol. The van der Waals surface area contributed by atoms with E-state index < -0.39 is 17.4 Å². The fourth-order valence-corrected chi connectivity index (χ4v) is 3.00. The zero-order chi connectivity index (χ0) is 21.0. The molecular formula is C18H23Cl2F3N4. The van der Waals surface area contributed by atoms with Crippen LogP contribution >= 0.6 is 23.2 Å². The lowest BCUT2D eigenvalue weighted by Crippen LogP contribution is -2.36. The molecule has 27 heavy (non-hydrogen) atoms. The molecule has 9 heteroatoms. The molecule has 0 aromatic carbocycles. The first-order valence-corrected chi connectivity index (χ1v) is 8.83. The van der Waals surface area contributed by atoms with Crippen molar-refractivity contribution < 1.29 is 13.2 Å². The molecule has 150 valence electrons. The van der Waals surface area contributed by atoms with Crippen LogP contribution in [0.25, 0.3) is 0 Å². The quantitative estimate of drug-likeness (QED) is 0.467. The number of nitrogens with two attached hydrogens (primary N) is 1. The lowest BCUT2D eigenvalue weighted by Gasteiger charge is -2.34.